The maximum atomic E-state index is 14.1. The zero-order valence-corrected chi connectivity index (χ0v) is 19.1. The van der Waals surface area contributed by atoms with E-state index in [4.69, 9.17) is 4.98 Å². The average molecular weight is 437 g/mol. The van der Waals surface area contributed by atoms with E-state index in [1.807, 2.05) is 24.6 Å². The molecule has 0 fully saturated rings. The Bertz CT molecular complexity index is 1270. The molecule has 4 aromatic rings. The van der Waals surface area contributed by atoms with Crippen molar-refractivity contribution >= 4 is 28.3 Å². The predicted octanol–water partition coefficient (Wildman–Crippen LogP) is 5.77. The summed E-state index contributed by atoms with van der Waals surface area (Å²) in [4.78, 5) is 22.2. The van der Waals surface area contributed by atoms with Gasteiger partial charge in [0.1, 0.15) is 5.82 Å². The molecule has 0 aliphatic rings. The largest absolute Gasteiger partial charge is 0.337 e. The number of nitrogens with zero attached hydrogens (tertiary/aromatic N) is 4. The monoisotopic (exact) mass is 436 g/mol. The average Bonchev–Trinajstić information content (AvgIpc) is 3.30. The second kappa shape index (κ2) is 8.23. The number of aromatic nitrogens is 3. The number of fused-ring (bicyclic) bond motifs is 1. The first-order valence-electron chi connectivity index (χ1n) is 10.2. The fourth-order valence-corrected chi connectivity index (χ4v) is 4.69. The summed E-state index contributed by atoms with van der Waals surface area (Å²) in [6.45, 7) is 8.37. The van der Waals surface area contributed by atoms with Gasteiger partial charge in [-0.2, -0.15) is 5.10 Å². The number of thiophene rings is 1. The smallest absolute Gasteiger partial charge is 0.254 e. The van der Waals surface area contributed by atoms with Crippen molar-refractivity contribution in [1.82, 2.24) is 19.7 Å². The molecule has 0 saturated carbocycles. The Morgan fingerprint density at radius 2 is 1.97 bits per heavy atom. The van der Waals surface area contributed by atoms with Gasteiger partial charge < -0.3 is 4.90 Å². The minimum Gasteiger partial charge on any atom is -0.337 e. The summed E-state index contributed by atoms with van der Waals surface area (Å²) in [6, 6.07) is 10.6. The van der Waals surface area contributed by atoms with Gasteiger partial charge in [0, 0.05) is 40.5 Å². The Kier molecular flexibility index (Phi) is 5.62. The lowest BCUT2D eigenvalue weighted by Gasteiger charge is -2.19. The third kappa shape index (κ3) is 3.97. The van der Waals surface area contributed by atoms with E-state index in [-0.39, 0.29) is 24.3 Å². The van der Waals surface area contributed by atoms with Crippen LogP contribution in [0.15, 0.2) is 42.6 Å². The molecule has 1 aromatic carbocycles. The molecule has 0 aliphatic heterocycles. The summed E-state index contributed by atoms with van der Waals surface area (Å²) >= 11 is 1.71. The van der Waals surface area contributed by atoms with E-state index < -0.39 is 0 Å². The van der Waals surface area contributed by atoms with Crippen molar-refractivity contribution < 1.29 is 9.18 Å². The number of hydrogen-bond donors (Lipinski definition) is 0. The summed E-state index contributed by atoms with van der Waals surface area (Å²) in [5.74, 6) is -0.510. The van der Waals surface area contributed by atoms with Crippen molar-refractivity contribution in [1.29, 1.82) is 0 Å². The van der Waals surface area contributed by atoms with Crippen molar-refractivity contribution in [2.24, 2.45) is 0 Å². The number of halogens is 1. The second-order valence-corrected chi connectivity index (χ2v) is 9.52. The van der Waals surface area contributed by atoms with Crippen LogP contribution in [0.5, 0.6) is 0 Å². The number of benzene rings is 1. The van der Waals surface area contributed by atoms with E-state index in [2.05, 4.69) is 25.0 Å². The maximum absolute atomic E-state index is 14.1. The first-order chi connectivity index (χ1) is 14.8. The lowest BCUT2D eigenvalue weighted by atomic mass is 10.1. The molecule has 0 radical (unpaired) electrons. The standard InChI is InChI=1S/C24H25FN4OS/c1-14(2)29-23-20(12-26-29)19(11-22(27-23)18-10-15(3)31-16(18)4)24(30)28(5)13-17-8-6-7-9-21(17)25/h6-12,14H,13H2,1-5H3. The zero-order valence-electron chi connectivity index (χ0n) is 18.3. The molecule has 4 rings (SSSR count). The van der Waals surface area contributed by atoms with Gasteiger partial charge >= 0.3 is 0 Å². The summed E-state index contributed by atoms with van der Waals surface area (Å²) in [5.41, 5.74) is 3.45. The van der Waals surface area contributed by atoms with Crippen LogP contribution in [0.3, 0.4) is 0 Å². The van der Waals surface area contributed by atoms with Gasteiger partial charge in [0.2, 0.25) is 0 Å². The molecule has 1 amide bonds. The molecule has 31 heavy (non-hydrogen) atoms. The number of carbonyl (C=O) groups excluding carboxylic acids is 1. The van der Waals surface area contributed by atoms with Crippen molar-refractivity contribution in [3.8, 4) is 11.3 Å². The van der Waals surface area contributed by atoms with Crippen molar-refractivity contribution in [2.75, 3.05) is 7.05 Å². The topological polar surface area (TPSA) is 51.0 Å². The maximum Gasteiger partial charge on any atom is 0.254 e. The lowest BCUT2D eigenvalue weighted by molar-refractivity contribution is 0.0785. The molecule has 0 aliphatic carbocycles. The van der Waals surface area contributed by atoms with Crippen LogP contribution < -0.4 is 0 Å². The number of carbonyl (C=O) groups is 1. The van der Waals surface area contributed by atoms with E-state index in [0.717, 1.165) is 16.1 Å². The highest BCUT2D eigenvalue weighted by Crippen LogP contribution is 2.33. The van der Waals surface area contributed by atoms with E-state index in [9.17, 15) is 9.18 Å². The molecule has 0 saturated heterocycles. The summed E-state index contributed by atoms with van der Waals surface area (Å²) in [5, 5.41) is 5.19. The molecule has 7 heteroatoms. The molecule has 0 bridgehead atoms. The normalized spacial score (nSPS) is 11.5. The summed E-state index contributed by atoms with van der Waals surface area (Å²) in [6.07, 6.45) is 1.70. The number of pyridine rings is 1. The van der Waals surface area contributed by atoms with E-state index in [0.29, 0.717) is 22.2 Å². The fourth-order valence-electron chi connectivity index (χ4n) is 3.76. The van der Waals surface area contributed by atoms with Gasteiger partial charge in [0.25, 0.3) is 5.91 Å². The van der Waals surface area contributed by atoms with Crippen LogP contribution in [-0.4, -0.2) is 32.6 Å². The Morgan fingerprint density at radius 1 is 1.23 bits per heavy atom. The third-order valence-corrected chi connectivity index (χ3v) is 6.28. The zero-order chi connectivity index (χ0) is 22.3. The quantitative estimate of drug-likeness (QED) is 0.399. The van der Waals surface area contributed by atoms with Gasteiger partial charge in [0.05, 0.1) is 22.8 Å². The molecular weight excluding hydrogens is 411 g/mol. The van der Waals surface area contributed by atoms with Crippen LogP contribution in [0, 0.1) is 19.7 Å². The highest BCUT2D eigenvalue weighted by Gasteiger charge is 2.22. The third-order valence-electron chi connectivity index (χ3n) is 5.32. The molecule has 0 unspecified atom stereocenters. The molecule has 160 valence electrons. The first kappa shape index (κ1) is 21.2. The fraction of sp³-hybridized carbons (Fsp3) is 0.292. The van der Waals surface area contributed by atoms with Crippen LogP contribution in [0.1, 0.15) is 45.6 Å². The summed E-state index contributed by atoms with van der Waals surface area (Å²) in [7, 11) is 1.69. The molecule has 0 atom stereocenters. The SMILES string of the molecule is Cc1cc(-c2cc(C(=O)N(C)Cc3ccccc3F)c3cnn(C(C)C)c3n2)c(C)s1. The van der Waals surface area contributed by atoms with Crippen LogP contribution in [0.2, 0.25) is 0 Å². The van der Waals surface area contributed by atoms with Gasteiger partial charge in [0.15, 0.2) is 5.65 Å². The van der Waals surface area contributed by atoms with Crippen LogP contribution in [-0.2, 0) is 6.54 Å². The molecular formula is C24H25FN4OS. The van der Waals surface area contributed by atoms with Crippen molar-refractivity contribution in [2.45, 2.75) is 40.3 Å². The van der Waals surface area contributed by atoms with Crippen molar-refractivity contribution in [3.63, 3.8) is 0 Å². The van der Waals surface area contributed by atoms with Gasteiger partial charge in [-0.25, -0.2) is 14.1 Å². The number of aryl methyl sites for hydroxylation is 2. The Labute approximate surface area is 185 Å². The molecule has 0 N–H and O–H groups in total. The van der Waals surface area contributed by atoms with Crippen LogP contribution in [0.4, 0.5) is 4.39 Å². The van der Waals surface area contributed by atoms with Gasteiger partial charge in [-0.05, 0) is 45.9 Å². The minimum atomic E-state index is -0.320. The van der Waals surface area contributed by atoms with E-state index >= 15 is 0 Å². The highest BCUT2D eigenvalue weighted by molar-refractivity contribution is 7.12. The van der Waals surface area contributed by atoms with Gasteiger partial charge in [-0.3, -0.25) is 4.79 Å². The number of hydrogen-bond acceptors (Lipinski definition) is 4. The number of rotatable bonds is 5. The predicted molar refractivity (Wildman–Crippen MR) is 123 cm³/mol. The second-order valence-electron chi connectivity index (χ2n) is 8.05. The van der Waals surface area contributed by atoms with Gasteiger partial charge in [-0.1, -0.05) is 18.2 Å². The molecule has 5 nitrogen and oxygen atoms in total. The Hall–Kier alpha value is -3.06. The number of amides is 1. The molecule has 0 spiro atoms. The first-order valence-corrected chi connectivity index (χ1v) is 11.0. The summed E-state index contributed by atoms with van der Waals surface area (Å²) < 4.78 is 16.0. The minimum absolute atomic E-state index is 0.102. The van der Waals surface area contributed by atoms with E-state index in [1.165, 1.54) is 15.8 Å². The van der Waals surface area contributed by atoms with Crippen LogP contribution >= 0.6 is 11.3 Å². The Morgan fingerprint density at radius 3 is 2.61 bits per heavy atom. The highest BCUT2D eigenvalue weighted by atomic mass is 32.1. The van der Waals surface area contributed by atoms with Gasteiger partial charge in [-0.15, -0.1) is 11.3 Å². The molecule has 3 aromatic heterocycles. The molecule has 3 heterocycles. The Balaban J connectivity index is 1.83. The van der Waals surface area contributed by atoms with E-state index in [1.54, 1.807) is 42.8 Å². The lowest BCUT2D eigenvalue weighted by Crippen LogP contribution is -2.27. The van der Waals surface area contributed by atoms with Crippen LogP contribution in [0.25, 0.3) is 22.3 Å². The van der Waals surface area contributed by atoms with Crippen molar-refractivity contribution in [3.05, 3.63) is 69.3 Å².